The zero-order valence-electron chi connectivity index (χ0n) is 14.5. The molecule has 1 fully saturated rings. The molecule has 0 radical (unpaired) electrons. The molecule has 1 aromatic rings. The van der Waals surface area contributed by atoms with Gasteiger partial charge in [0.1, 0.15) is 0 Å². The summed E-state index contributed by atoms with van der Waals surface area (Å²) in [5, 5.41) is 11.9. The Hall–Kier alpha value is -2.12. The monoisotopic (exact) mass is 325 g/mol. The second kappa shape index (κ2) is 9.89. The number of carbonyl (C=O) groups is 1. The molecule has 4 nitrogen and oxygen atoms in total. The Morgan fingerprint density at radius 1 is 1.33 bits per heavy atom. The molecule has 0 atom stereocenters. The van der Waals surface area contributed by atoms with Crippen molar-refractivity contribution in [1.29, 1.82) is 5.26 Å². The summed E-state index contributed by atoms with van der Waals surface area (Å²) in [5.41, 5.74) is 1.35. The van der Waals surface area contributed by atoms with Gasteiger partial charge in [-0.1, -0.05) is 25.1 Å². The van der Waals surface area contributed by atoms with Crippen molar-refractivity contribution >= 4 is 12.0 Å². The molecule has 2 rings (SSSR count). The highest BCUT2D eigenvalue weighted by atomic mass is 16.1. The second-order valence-electron chi connectivity index (χ2n) is 6.55. The van der Waals surface area contributed by atoms with Crippen LogP contribution in [-0.2, 0) is 4.79 Å². The Labute approximate surface area is 145 Å². The lowest BCUT2D eigenvalue weighted by Gasteiger charge is -2.30. The van der Waals surface area contributed by atoms with Crippen molar-refractivity contribution in [3.8, 4) is 6.07 Å². The molecule has 0 saturated carbocycles. The van der Waals surface area contributed by atoms with E-state index < -0.39 is 0 Å². The number of carbonyl (C=O) groups excluding carboxylic acids is 1. The summed E-state index contributed by atoms with van der Waals surface area (Å²) in [6, 6.07) is 9.39. The number of piperidine rings is 1. The lowest BCUT2D eigenvalue weighted by atomic mass is 9.99. The number of nitriles is 1. The molecule has 24 heavy (non-hydrogen) atoms. The lowest BCUT2D eigenvalue weighted by Crippen LogP contribution is -2.34. The maximum atomic E-state index is 11.8. The van der Waals surface area contributed by atoms with Crippen molar-refractivity contribution in [1.82, 2.24) is 10.2 Å². The summed E-state index contributed by atoms with van der Waals surface area (Å²) < 4.78 is 0. The molecule has 0 aromatic heterocycles. The van der Waals surface area contributed by atoms with E-state index in [4.69, 9.17) is 5.26 Å². The van der Waals surface area contributed by atoms with E-state index in [0.29, 0.717) is 12.1 Å². The van der Waals surface area contributed by atoms with Gasteiger partial charge in [-0.2, -0.15) is 5.26 Å². The van der Waals surface area contributed by atoms with Gasteiger partial charge < -0.3 is 10.2 Å². The van der Waals surface area contributed by atoms with Crippen LogP contribution in [0.2, 0.25) is 0 Å². The van der Waals surface area contributed by atoms with Gasteiger partial charge in [0.15, 0.2) is 0 Å². The lowest BCUT2D eigenvalue weighted by molar-refractivity contribution is -0.116. The minimum atomic E-state index is -0.102. The van der Waals surface area contributed by atoms with E-state index in [-0.39, 0.29) is 5.91 Å². The Morgan fingerprint density at radius 2 is 2.08 bits per heavy atom. The smallest absolute Gasteiger partial charge is 0.243 e. The molecule has 128 valence electrons. The van der Waals surface area contributed by atoms with E-state index in [1.807, 2.05) is 18.2 Å². The summed E-state index contributed by atoms with van der Waals surface area (Å²) in [6.07, 6.45) is 7.94. The largest absolute Gasteiger partial charge is 0.353 e. The van der Waals surface area contributed by atoms with Crippen molar-refractivity contribution < 1.29 is 4.79 Å². The van der Waals surface area contributed by atoms with Gasteiger partial charge in [-0.25, -0.2) is 0 Å². The Kier molecular flexibility index (Phi) is 7.51. The minimum Gasteiger partial charge on any atom is -0.353 e. The van der Waals surface area contributed by atoms with Gasteiger partial charge >= 0.3 is 0 Å². The fourth-order valence-corrected chi connectivity index (χ4v) is 2.93. The first kappa shape index (κ1) is 18.2. The molecule has 1 aliphatic rings. The SMILES string of the molecule is CC1CCN(CCCCNC(=O)/C=C/c2ccccc2C#N)CC1. The van der Waals surface area contributed by atoms with Gasteiger partial charge in [-0.15, -0.1) is 0 Å². The number of hydrogen-bond donors (Lipinski definition) is 1. The number of nitrogens with zero attached hydrogens (tertiary/aromatic N) is 2. The van der Waals surface area contributed by atoms with Gasteiger partial charge in [0.25, 0.3) is 0 Å². The van der Waals surface area contributed by atoms with Gasteiger partial charge in [-0.05, 0) is 68.9 Å². The second-order valence-corrected chi connectivity index (χ2v) is 6.55. The normalized spacial score (nSPS) is 16.2. The van der Waals surface area contributed by atoms with Gasteiger partial charge in [0.05, 0.1) is 11.6 Å². The highest BCUT2D eigenvalue weighted by molar-refractivity contribution is 5.92. The van der Waals surface area contributed by atoms with Crippen LogP contribution in [0.1, 0.15) is 43.7 Å². The molecule has 1 aromatic carbocycles. The topological polar surface area (TPSA) is 56.1 Å². The number of unbranched alkanes of at least 4 members (excludes halogenated alkanes) is 1. The molecule has 4 heteroatoms. The molecular weight excluding hydrogens is 298 g/mol. The maximum absolute atomic E-state index is 11.8. The molecule has 0 unspecified atom stereocenters. The highest BCUT2D eigenvalue weighted by Gasteiger charge is 2.14. The third kappa shape index (κ3) is 6.17. The molecule has 1 saturated heterocycles. The molecule has 1 heterocycles. The van der Waals surface area contributed by atoms with E-state index in [0.717, 1.165) is 30.9 Å². The third-order valence-electron chi connectivity index (χ3n) is 4.57. The molecule has 0 spiro atoms. The zero-order valence-corrected chi connectivity index (χ0v) is 14.5. The first-order valence-electron chi connectivity index (χ1n) is 8.86. The van der Waals surface area contributed by atoms with Crippen LogP contribution < -0.4 is 5.32 Å². The minimum absolute atomic E-state index is 0.102. The van der Waals surface area contributed by atoms with Crippen molar-refractivity contribution in [3.05, 3.63) is 41.5 Å². The van der Waals surface area contributed by atoms with E-state index in [2.05, 4.69) is 23.2 Å². The maximum Gasteiger partial charge on any atom is 0.243 e. The average molecular weight is 325 g/mol. The summed E-state index contributed by atoms with van der Waals surface area (Å²) in [6.45, 7) is 6.60. The quantitative estimate of drug-likeness (QED) is 0.619. The predicted octanol–water partition coefficient (Wildman–Crippen LogP) is 3.20. The number of benzene rings is 1. The molecule has 1 amide bonds. The van der Waals surface area contributed by atoms with Crippen molar-refractivity contribution in [2.24, 2.45) is 5.92 Å². The molecule has 1 N–H and O–H groups in total. The molecule has 1 aliphatic heterocycles. The molecule has 0 bridgehead atoms. The Bertz CT molecular complexity index is 595. The van der Waals surface area contributed by atoms with Crippen LogP contribution in [0.5, 0.6) is 0 Å². The van der Waals surface area contributed by atoms with Crippen LogP contribution in [0, 0.1) is 17.2 Å². The standard InChI is InChI=1S/C20H27N3O/c1-17-10-14-23(15-11-17)13-5-4-12-22-20(24)9-8-18-6-2-3-7-19(18)16-21/h2-3,6-9,17H,4-5,10-15H2,1H3,(H,22,24)/b9-8+. The van der Waals surface area contributed by atoms with Crippen LogP contribution in [-0.4, -0.2) is 37.0 Å². The Balaban J connectivity index is 1.61. The van der Waals surface area contributed by atoms with Gasteiger partial charge in [0, 0.05) is 12.6 Å². The first-order chi connectivity index (χ1) is 11.7. The number of rotatable bonds is 7. The Morgan fingerprint density at radius 3 is 2.83 bits per heavy atom. The molecule has 0 aliphatic carbocycles. The summed E-state index contributed by atoms with van der Waals surface area (Å²) >= 11 is 0. The van der Waals surface area contributed by atoms with Crippen molar-refractivity contribution in [2.45, 2.75) is 32.6 Å². The first-order valence-corrected chi connectivity index (χ1v) is 8.86. The fourth-order valence-electron chi connectivity index (χ4n) is 2.93. The number of amides is 1. The van der Waals surface area contributed by atoms with Crippen LogP contribution in [0.25, 0.3) is 6.08 Å². The number of nitrogens with one attached hydrogen (secondary N) is 1. The van der Waals surface area contributed by atoms with Crippen molar-refractivity contribution in [2.75, 3.05) is 26.2 Å². The molecular formula is C20H27N3O. The van der Waals surface area contributed by atoms with E-state index >= 15 is 0 Å². The highest BCUT2D eigenvalue weighted by Crippen LogP contribution is 2.16. The van der Waals surface area contributed by atoms with E-state index in [1.165, 1.54) is 32.0 Å². The number of likely N-dealkylation sites (tertiary alicyclic amines) is 1. The third-order valence-corrected chi connectivity index (χ3v) is 4.57. The fraction of sp³-hybridized carbons (Fsp3) is 0.500. The summed E-state index contributed by atoms with van der Waals surface area (Å²) in [4.78, 5) is 14.4. The van der Waals surface area contributed by atoms with Crippen molar-refractivity contribution in [3.63, 3.8) is 0 Å². The van der Waals surface area contributed by atoms with Crippen LogP contribution >= 0.6 is 0 Å². The van der Waals surface area contributed by atoms with Crippen LogP contribution in [0.15, 0.2) is 30.3 Å². The van der Waals surface area contributed by atoms with E-state index in [1.54, 1.807) is 12.1 Å². The van der Waals surface area contributed by atoms with Gasteiger partial charge in [0.2, 0.25) is 5.91 Å². The number of hydrogen-bond acceptors (Lipinski definition) is 3. The van der Waals surface area contributed by atoms with Gasteiger partial charge in [-0.3, -0.25) is 4.79 Å². The summed E-state index contributed by atoms with van der Waals surface area (Å²) in [7, 11) is 0. The predicted molar refractivity (Wildman–Crippen MR) is 97.3 cm³/mol. The van der Waals surface area contributed by atoms with Crippen LogP contribution in [0.3, 0.4) is 0 Å². The summed E-state index contributed by atoms with van der Waals surface area (Å²) in [5.74, 6) is 0.771. The van der Waals surface area contributed by atoms with E-state index in [9.17, 15) is 4.79 Å². The zero-order chi connectivity index (χ0) is 17.2. The average Bonchev–Trinajstić information content (AvgIpc) is 2.61. The van der Waals surface area contributed by atoms with Crippen LogP contribution in [0.4, 0.5) is 0 Å².